The first-order valence-electron chi connectivity index (χ1n) is 13.8. The van der Waals surface area contributed by atoms with Crippen LogP contribution in [0.3, 0.4) is 0 Å². The number of pyridine rings is 1. The number of aromatic nitrogens is 1. The average Bonchev–Trinajstić information content (AvgIpc) is 2.96. The van der Waals surface area contributed by atoms with Gasteiger partial charge in [-0.2, -0.15) is 0 Å². The zero-order valence-electron chi connectivity index (χ0n) is 22.4. The summed E-state index contributed by atoms with van der Waals surface area (Å²) in [7, 11) is 1.66. The number of hydrogen-bond acceptors (Lipinski definition) is 7. The molecule has 39 heavy (non-hydrogen) atoms. The number of nitrogens with zero attached hydrogens (tertiary/aromatic N) is 1. The molecular formula is C32H34N2O5. The fourth-order valence-corrected chi connectivity index (χ4v) is 6.74. The van der Waals surface area contributed by atoms with Crippen LogP contribution in [0.2, 0.25) is 0 Å². The van der Waals surface area contributed by atoms with Gasteiger partial charge >= 0.3 is 5.97 Å². The summed E-state index contributed by atoms with van der Waals surface area (Å²) in [6, 6.07) is 15.8. The lowest BCUT2D eigenvalue weighted by molar-refractivity contribution is -0.149. The number of carbonyl (C=O) groups is 2. The van der Waals surface area contributed by atoms with E-state index >= 15 is 0 Å². The Morgan fingerprint density at radius 2 is 1.79 bits per heavy atom. The Balaban J connectivity index is 1.42. The van der Waals surface area contributed by atoms with E-state index in [0.29, 0.717) is 38.0 Å². The second-order valence-corrected chi connectivity index (χ2v) is 10.8. The van der Waals surface area contributed by atoms with Crippen LogP contribution in [0, 0.1) is 5.92 Å². The standard InChI is InChI=1S/C32H34N2O5/c1-19-29(32(36)39-22-11-13-38-14-12-22)30(25-18-33-17-20-7-3-4-8-23(20)25)31-26(34-19)15-21(16-27(31)35)24-9-5-6-10-28(24)37-2/h3-10,17-18,21-22,26,30-31,34H,11-16H2,1-2H3/t21-,26?,30?,31?/m1/s1. The summed E-state index contributed by atoms with van der Waals surface area (Å²) in [5.74, 6) is -0.262. The summed E-state index contributed by atoms with van der Waals surface area (Å²) in [6.45, 7) is 3.09. The van der Waals surface area contributed by atoms with Gasteiger partial charge in [-0.1, -0.05) is 42.5 Å². The van der Waals surface area contributed by atoms with Gasteiger partial charge in [0, 0.05) is 60.6 Å². The molecular weight excluding hydrogens is 492 g/mol. The lowest BCUT2D eigenvalue weighted by Crippen LogP contribution is -2.52. The third kappa shape index (κ3) is 4.80. The Kier molecular flexibility index (Phi) is 7.09. The van der Waals surface area contributed by atoms with Gasteiger partial charge in [0.05, 0.1) is 25.9 Å². The average molecular weight is 527 g/mol. The van der Waals surface area contributed by atoms with E-state index in [4.69, 9.17) is 14.2 Å². The lowest BCUT2D eigenvalue weighted by Gasteiger charge is -2.45. The molecule has 0 radical (unpaired) electrons. The second kappa shape index (κ2) is 10.8. The maximum absolute atomic E-state index is 14.1. The van der Waals surface area contributed by atoms with Gasteiger partial charge in [-0.15, -0.1) is 0 Å². The smallest absolute Gasteiger partial charge is 0.336 e. The van der Waals surface area contributed by atoms with E-state index in [0.717, 1.165) is 39.8 Å². The molecule has 1 saturated heterocycles. The maximum atomic E-state index is 14.1. The number of esters is 1. The van der Waals surface area contributed by atoms with Gasteiger partial charge in [-0.3, -0.25) is 9.78 Å². The minimum Gasteiger partial charge on any atom is -0.496 e. The van der Waals surface area contributed by atoms with Crippen LogP contribution in [0.25, 0.3) is 10.8 Å². The van der Waals surface area contributed by atoms with Crippen molar-refractivity contribution in [3.05, 3.63) is 83.3 Å². The van der Waals surface area contributed by atoms with Crippen molar-refractivity contribution >= 4 is 22.5 Å². The number of Topliss-reactive ketones (excluding diaryl/α,β-unsaturated/α-hetero) is 1. The van der Waals surface area contributed by atoms with Crippen molar-refractivity contribution < 1.29 is 23.8 Å². The van der Waals surface area contributed by atoms with Crippen LogP contribution in [0.4, 0.5) is 0 Å². The predicted molar refractivity (Wildman–Crippen MR) is 148 cm³/mol. The summed E-state index contributed by atoms with van der Waals surface area (Å²) in [5, 5.41) is 5.56. The van der Waals surface area contributed by atoms with Gasteiger partial charge in [-0.05, 0) is 41.8 Å². The molecule has 7 heteroatoms. The molecule has 3 aliphatic rings. The Labute approximate surface area is 228 Å². The number of methoxy groups -OCH3 is 1. The largest absolute Gasteiger partial charge is 0.496 e. The summed E-state index contributed by atoms with van der Waals surface area (Å²) in [6.07, 6.45) is 5.96. The minimum absolute atomic E-state index is 0.0252. The van der Waals surface area contributed by atoms with Gasteiger partial charge in [-0.25, -0.2) is 4.79 Å². The van der Waals surface area contributed by atoms with E-state index in [1.165, 1.54) is 0 Å². The highest BCUT2D eigenvalue weighted by molar-refractivity contribution is 5.97. The van der Waals surface area contributed by atoms with E-state index in [2.05, 4.69) is 10.3 Å². The molecule has 7 nitrogen and oxygen atoms in total. The molecule has 3 aromatic rings. The normalized spacial score (nSPS) is 25.6. The van der Waals surface area contributed by atoms with E-state index < -0.39 is 11.8 Å². The molecule has 3 unspecified atom stereocenters. The summed E-state index contributed by atoms with van der Waals surface area (Å²) in [5.41, 5.74) is 3.24. The van der Waals surface area contributed by atoms with E-state index in [1.807, 2.05) is 67.8 Å². The van der Waals surface area contributed by atoms with Crippen LogP contribution in [0.15, 0.2) is 72.2 Å². The predicted octanol–water partition coefficient (Wildman–Crippen LogP) is 5.06. The van der Waals surface area contributed by atoms with Crippen LogP contribution < -0.4 is 10.1 Å². The van der Waals surface area contributed by atoms with Crippen LogP contribution >= 0.6 is 0 Å². The highest BCUT2D eigenvalue weighted by atomic mass is 16.6. The highest BCUT2D eigenvalue weighted by Gasteiger charge is 2.49. The number of fused-ring (bicyclic) bond motifs is 2. The second-order valence-electron chi connectivity index (χ2n) is 10.8. The Bertz CT molecular complexity index is 1420. The number of allylic oxidation sites excluding steroid dienone is 1. The zero-order chi connectivity index (χ0) is 26.9. The first-order chi connectivity index (χ1) is 19.0. The number of ketones is 1. The molecule has 1 aromatic heterocycles. The van der Waals surface area contributed by atoms with Crippen molar-refractivity contribution in [1.82, 2.24) is 10.3 Å². The number of para-hydroxylation sites is 1. The van der Waals surface area contributed by atoms with E-state index in [1.54, 1.807) is 7.11 Å². The SMILES string of the molecule is COc1ccccc1[C@H]1CC(=O)C2C(C1)NC(C)=C(C(=O)OC1CCOCC1)C2c1cncc2ccccc12. The number of rotatable bonds is 5. The molecule has 1 N–H and O–H groups in total. The first-order valence-corrected chi connectivity index (χ1v) is 13.8. The highest BCUT2D eigenvalue weighted by Crippen LogP contribution is 2.49. The number of nitrogens with one attached hydrogen (secondary N) is 1. The van der Waals surface area contributed by atoms with E-state index in [9.17, 15) is 9.59 Å². The Morgan fingerprint density at radius 3 is 2.62 bits per heavy atom. The van der Waals surface area contributed by atoms with Gasteiger partial charge < -0.3 is 19.5 Å². The zero-order valence-corrected chi connectivity index (χ0v) is 22.4. The topological polar surface area (TPSA) is 86.8 Å². The maximum Gasteiger partial charge on any atom is 0.336 e. The summed E-state index contributed by atoms with van der Waals surface area (Å²) in [4.78, 5) is 32.5. The van der Waals surface area contributed by atoms with E-state index in [-0.39, 0.29) is 29.8 Å². The van der Waals surface area contributed by atoms with Crippen molar-refractivity contribution in [2.75, 3.05) is 20.3 Å². The number of benzene rings is 2. The number of hydrogen-bond donors (Lipinski definition) is 1. The van der Waals surface area contributed by atoms with Crippen molar-refractivity contribution in [2.24, 2.45) is 5.92 Å². The fraction of sp³-hybridized carbons (Fsp3) is 0.406. The molecule has 2 aliphatic heterocycles. The molecule has 0 spiro atoms. The quantitative estimate of drug-likeness (QED) is 0.465. The van der Waals surface area contributed by atoms with Gasteiger partial charge in [0.1, 0.15) is 17.6 Å². The summed E-state index contributed by atoms with van der Waals surface area (Å²) >= 11 is 0. The Hall–Kier alpha value is -3.71. The molecule has 202 valence electrons. The molecule has 3 heterocycles. The lowest BCUT2D eigenvalue weighted by atomic mass is 9.64. The molecule has 2 fully saturated rings. The molecule has 6 rings (SSSR count). The van der Waals surface area contributed by atoms with Crippen molar-refractivity contribution in [3.8, 4) is 5.75 Å². The van der Waals surface area contributed by atoms with Gasteiger partial charge in [0.15, 0.2) is 0 Å². The third-order valence-corrected chi connectivity index (χ3v) is 8.54. The fourth-order valence-electron chi connectivity index (χ4n) is 6.74. The Morgan fingerprint density at radius 1 is 1.03 bits per heavy atom. The van der Waals surface area contributed by atoms with Gasteiger partial charge in [0.2, 0.25) is 0 Å². The minimum atomic E-state index is -0.451. The third-order valence-electron chi connectivity index (χ3n) is 8.54. The molecule has 0 amide bonds. The monoisotopic (exact) mass is 526 g/mol. The van der Waals surface area contributed by atoms with Crippen LogP contribution in [-0.4, -0.2) is 49.2 Å². The van der Waals surface area contributed by atoms with Crippen molar-refractivity contribution in [1.29, 1.82) is 0 Å². The molecule has 1 saturated carbocycles. The molecule has 0 bridgehead atoms. The van der Waals surface area contributed by atoms with Crippen molar-refractivity contribution in [3.63, 3.8) is 0 Å². The molecule has 4 atom stereocenters. The van der Waals surface area contributed by atoms with Gasteiger partial charge in [0.25, 0.3) is 0 Å². The first kappa shape index (κ1) is 25.6. The molecule has 1 aliphatic carbocycles. The van der Waals surface area contributed by atoms with Crippen LogP contribution in [0.1, 0.15) is 55.6 Å². The summed E-state index contributed by atoms with van der Waals surface area (Å²) < 4.78 is 17.1. The van der Waals surface area contributed by atoms with Crippen molar-refractivity contribution in [2.45, 2.75) is 56.6 Å². The number of carbonyl (C=O) groups excluding carboxylic acids is 2. The van der Waals surface area contributed by atoms with Crippen LogP contribution in [0.5, 0.6) is 5.75 Å². The number of ether oxygens (including phenoxy) is 3. The van der Waals surface area contributed by atoms with Crippen LogP contribution in [-0.2, 0) is 19.1 Å². The molecule has 2 aromatic carbocycles.